The van der Waals surface area contributed by atoms with Crippen molar-refractivity contribution >= 4 is 11.0 Å². The highest BCUT2D eigenvalue weighted by Crippen LogP contribution is 2.35. The van der Waals surface area contributed by atoms with Gasteiger partial charge in [0.1, 0.15) is 28.2 Å². The lowest BCUT2D eigenvalue weighted by Gasteiger charge is -2.11. The predicted molar refractivity (Wildman–Crippen MR) is 78.6 cm³/mol. The van der Waals surface area contributed by atoms with E-state index < -0.39 is 0 Å². The molecule has 0 saturated carbocycles. The monoisotopic (exact) mass is 274 g/mol. The van der Waals surface area contributed by atoms with Crippen LogP contribution in [0, 0.1) is 6.92 Å². The zero-order chi connectivity index (χ0) is 14.9. The number of allylic oxidation sites excluding steroid dienone is 2. The van der Waals surface area contributed by atoms with Crippen molar-refractivity contribution in [2.45, 2.75) is 27.2 Å². The first kappa shape index (κ1) is 14.2. The Kier molecular flexibility index (Phi) is 3.84. The van der Waals surface area contributed by atoms with Gasteiger partial charge in [-0.1, -0.05) is 11.6 Å². The Morgan fingerprint density at radius 1 is 1.40 bits per heavy atom. The fourth-order valence-electron chi connectivity index (χ4n) is 2.13. The van der Waals surface area contributed by atoms with Crippen molar-refractivity contribution in [3.05, 3.63) is 45.3 Å². The number of aromatic hydroxyl groups is 1. The molecule has 0 aliphatic rings. The van der Waals surface area contributed by atoms with Crippen LogP contribution >= 0.6 is 0 Å². The Balaban J connectivity index is 2.77. The van der Waals surface area contributed by atoms with Crippen LogP contribution in [0.4, 0.5) is 0 Å². The SMILES string of the molecule is COc1cc2oc(C)cc(=O)c2c(O)c1CC=C(C)C. The van der Waals surface area contributed by atoms with Crippen LogP contribution < -0.4 is 10.2 Å². The fraction of sp³-hybridized carbons (Fsp3) is 0.312. The lowest BCUT2D eigenvalue weighted by atomic mass is 10.0. The van der Waals surface area contributed by atoms with Crippen LogP contribution in [0.15, 0.2) is 33.0 Å². The Bertz CT molecular complexity index is 734. The molecular weight excluding hydrogens is 256 g/mol. The summed E-state index contributed by atoms with van der Waals surface area (Å²) in [4.78, 5) is 12.0. The molecule has 2 aromatic rings. The van der Waals surface area contributed by atoms with Gasteiger partial charge in [-0.2, -0.15) is 0 Å². The molecule has 0 saturated heterocycles. The molecule has 1 N–H and O–H groups in total. The molecule has 0 aliphatic carbocycles. The van der Waals surface area contributed by atoms with Crippen molar-refractivity contribution in [1.29, 1.82) is 0 Å². The summed E-state index contributed by atoms with van der Waals surface area (Å²) < 4.78 is 10.8. The lowest BCUT2D eigenvalue weighted by molar-refractivity contribution is 0.401. The van der Waals surface area contributed by atoms with E-state index in [2.05, 4.69) is 0 Å². The maximum absolute atomic E-state index is 12.0. The van der Waals surface area contributed by atoms with Crippen molar-refractivity contribution in [2.24, 2.45) is 0 Å². The largest absolute Gasteiger partial charge is 0.507 e. The quantitative estimate of drug-likeness (QED) is 0.872. The first-order valence-corrected chi connectivity index (χ1v) is 6.40. The Morgan fingerprint density at radius 2 is 2.10 bits per heavy atom. The highest BCUT2D eigenvalue weighted by molar-refractivity contribution is 5.87. The van der Waals surface area contributed by atoms with E-state index in [1.54, 1.807) is 13.0 Å². The Hall–Kier alpha value is -2.23. The number of phenolic OH excluding ortho intramolecular Hbond substituents is 1. The van der Waals surface area contributed by atoms with Crippen LogP contribution in [0.2, 0.25) is 0 Å². The molecule has 4 heteroatoms. The van der Waals surface area contributed by atoms with E-state index in [4.69, 9.17) is 9.15 Å². The second-order valence-corrected chi connectivity index (χ2v) is 4.99. The maximum atomic E-state index is 12.0. The van der Waals surface area contributed by atoms with E-state index >= 15 is 0 Å². The molecule has 2 rings (SSSR count). The third-order valence-corrected chi connectivity index (χ3v) is 3.11. The molecule has 0 amide bonds. The molecule has 20 heavy (non-hydrogen) atoms. The first-order chi connectivity index (χ1) is 9.43. The number of benzene rings is 1. The average molecular weight is 274 g/mol. The molecule has 106 valence electrons. The summed E-state index contributed by atoms with van der Waals surface area (Å²) in [5.41, 5.74) is 1.81. The average Bonchev–Trinajstić information content (AvgIpc) is 2.35. The molecule has 0 atom stereocenters. The minimum atomic E-state index is -0.248. The van der Waals surface area contributed by atoms with Crippen LogP contribution in [0.1, 0.15) is 25.2 Å². The summed E-state index contributed by atoms with van der Waals surface area (Å²) in [6, 6.07) is 3.02. The zero-order valence-electron chi connectivity index (χ0n) is 12.1. The van der Waals surface area contributed by atoms with Crippen molar-refractivity contribution in [3.63, 3.8) is 0 Å². The van der Waals surface area contributed by atoms with Crippen molar-refractivity contribution in [1.82, 2.24) is 0 Å². The van der Waals surface area contributed by atoms with Gasteiger partial charge in [-0.05, 0) is 27.2 Å². The van der Waals surface area contributed by atoms with E-state index in [1.807, 2.05) is 19.9 Å². The van der Waals surface area contributed by atoms with E-state index in [0.717, 1.165) is 5.57 Å². The van der Waals surface area contributed by atoms with Crippen molar-refractivity contribution in [3.8, 4) is 11.5 Å². The number of hydrogen-bond donors (Lipinski definition) is 1. The maximum Gasteiger partial charge on any atom is 0.196 e. The molecule has 1 aromatic carbocycles. The van der Waals surface area contributed by atoms with Gasteiger partial charge in [-0.25, -0.2) is 0 Å². The van der Waals surface area contributed by atoms with Gasteiger partial charge in [-0.3, -0.25) is 4.79 Å². The van der Waals surface area contributed by atoms with Gasteiger partial charge in [0.15, 0.2) is 5.43 Å². The number of fused-ring (bicyclic) bond motifs is 1. The second kappa shape index (κ2) is 5.41. The lowest BCUT2D eigenvalue weighted by Crippen LogP contribution is -2.03. The minimum absolute atomic E-state index is 0.0643. The predicted octanol–water partition coefficient (Wildman–Crippen LogP) is 3.32. The number of ether oxygens (including phenoxy) is 1. The molecular formula is C16H18O4. The smallest absolute Gasteiger partial charge is 0.196 e. The van der Waals surface area contributed by atoms with E-state index in [0.29, 0.717) is 29.1 Å². The number of rotatable bonds is 3. The number of aryl methyl sites for hydroxylation is 1. The summed E-state index contributed by atoms with van der Waals surface area (Å²) >= 11 is 0. The van der Waals surface area contributed by atoms with E-state index in [1.165, 1.54) is 13.2 Å². The van der Waals surface area contributed by atoms with Gasteiger partial charge in [-0.15, -0.1) is 0 Å². The van der Waals surface area contributed by atoms with Gasteiger partial charge in [0, 0.05) is 17.7 Å². The van der Waals surface area contributed by atoms with Gasteiger partial charge in [0.2, 0.25) is 0 Å². The van der Waals surface area contributed by atoms with Crippen molar-refractivity contribution in [2.75, 3.05) is 7.11 Å². The standard InChI is InChI=1S/C16H18O4/c1-9(2)5-6-11-13(19-4)8-14-15(16(11)18)12(17)7-10(3)20-14/h5,7-8,18H,6H2,1-4H3. The van der Waals surface area contributed by atoms with Crippen LogP contribution in [-0.4, -0.2) is 12.2 Å². The zero-order valence-corrected chi connectivity index (χ0v) is 12.1. The molecule has 0 aliphatic heterocycles. The summed E-state index contributed by atoms with van der Waals surface area (Å²) in [7, 11) is 1.53. The summed E-state index contributed by atoms with van der Waals surface area (Å²) in [6.07, 6.45) is 2.47. The van der Waals surface area contributed by atoms with Gasteiger partial charge in [0.25, 0.3) is 0 Å². The minimum Gasteiger partial charge on any atom is -0.507 e. The van der Waals surface area contributed by atoms with Crippen LogP contribution in [-0.2, 0) is 6.42 Å². The van der Waals surface area contributed by atoms with E-state index in [-0.39, 0.29) is 16.6 Å². The fourth-order valence-corrected chi connectivity index (χ4v) is 2.13. The summed E-state index contributed by atoms with van der Waals surface area (Å²) in [5.74, 6) is 0.952. The molecule has 0 spiro atoms. The van der Waals surface area contributed by atoms with Gasteiger partial charge in [0.05, 0.1) is 7.11 Å². The Morgan fingerprint density at radius 3 is 2.70 bits per heavy atom. The first-order valence-electron chi connectivity index (χ1n) is 6.40. The number of phenols is 1. The number of hydrogen-bond acceptors (Lipinski definition) is 4. The molecule has 0 fully saturated rings. The van der Waals surface area contributed by atoms with Crippen molar-refractivity contribution < 1.29 is 14.3 Å². The third-order valence-electron chi connectivity index (χ3n) is 3.11. The van der Waals surface area contributed by atoms with Crippen LogP contribution in [0.25, 0.3) is 11.0 Å². The van der Waals surface area contributed by atoms with Gasteiger partial charge >= 0.3 is 0 Å². The molecule has 0 radical (unpaired) electrons. The molecule has 0 unspecified atom stereocenters. The number of methoxy groups -OCH3 is 1. The van der Waals surface area contributed by atoms with Crippen LogP contribution in [0.5, 0.6) is 11.5 Å². The molecule has 1 heterocycles. The molecule has 4 nitrogen and oxygen atoms in total. The normalized spacial score (nSPS) is 10.6. The molecule has 0 bridgehead atoms. The third kappa shape index (κ3) is 2.54. The topological polar surface area (TPSA) is 59.7 Å². The summed E-state index contributed by atoms with van der Waals surface area (Å²) in [6.45, 7) is 5.64. The van der Waals surface area contributed by atoms with Gasteiger partial charge < -0.3 is 14.3 Å². The Labute approximate surface area is 117 Å². The van der Waals surface area contributed by atoms with Crippen LogP contribution in [0.3, 0.4) is 0 Å². The highest BCUT2D eigenvalue weighted by atomic mass is 16.5. The highest BCUT2D eigenvalue weighted by Gasteiger charge is 2.16. The molecule has 1 aromatic heterocycles. The second-order valence-electron chi connectivity index (χ2n) is 4.99. The summed E-state index contributed by atoms with van der Waals surface area (Å²) in [5, 5.41) is 10.6. The van der Waals surface area contributed by atoms with E-state index in [9.17, 15) is 9.90 Å².